The third-order valence-corrected chi connectivity index (χ3v) is 7.81. The normalized spacial score (nSPS) is 21.1. The lowest BCUT2D eigenvalue weighted by molar-refractivity contribution is -0.916. The second-order valence-electron chi connectivity index (χ2n) is 10.2. The Morgan fingerprint density at radius 2 is 1.68 bits per heavy atom. The van der Waals surface area contributed by atoms with E-state index in [0.29, 0.717) is 34.0 Å². The quantitative estimate of drug-likeness (QED) is 0.493. The molecule has 0 aromatic heterocycles. The molecule has 1 fully saturated rings. The van der Waals surface area contributed by atoms with Crippen LogP contribution in [0.1, 0.15) is 48.2 Å². The fourth-order valence-electron chi connectivity index (χ4n) is 4.77. The molecule has 3 rings (SSSR count). The molecule has 3 N–H and O–H groups in total. The van der Waals surface area contributed by atoms with Gasteiger partial charge in [0.1, 0.15) is 0 Å². The van der Waals surface area contributed by atoms with E-state index in [2.05, 4.69) is 32.3 Å². The highest BCUT2D eigenvalue weighted by Crippen LogP contribution is 2.29. The van der Waals surface area contributed by atoms with E-state index in [1.807, 2.05) is 36.4 Å². The number of carbonyl (C=O) groups is 1. The van der Waals surface area contributed by atoms with Crippen LogP contribution in [0.4, 0.5) is 0 Å². The molecule has 4 nitrogen and oxygen atoms in total. The van der Waals surface area contributed by atoms with E-state index in [9.17, 15) is 4.79 Å². The number of nitrogens with one attached hydrogen (secondary N) is 1. The number of likely N-dealkylation sites (tertiary alicyclic amines) is 1. The van der Waals surface area contributed by atoms with Crippen LogP contribution < -0.4 is 23.5 Å². The van der Waals surface area contributed by atoms with Crippen molar-refractivity contribution in [2.75, 3.05) is 33.2 Å². The Hall–Kier alpha value is -1.30. The molecule has 1 aliphatic rings. The van der Waals surface area contributed by atoms with Crippen molar-refractivity contribution in [3.8, 4) is 0 Å². The van der Waals surface area contributed by atoms with Gasteiger partial charge in [-0.3, -0.25) is 4.79 Å². The van der Waals surface area contributed by atoms with Crippen LogP contribution in [0.5, 0.6) is 0 Å². The number of likely N-dealkylation sites (N-methyl/N-ethyl adjacent to an activating group) is 1. The number of rotatable bonds is 9. The summed E-state index contributed by atoms with van der Waals surface area (Å²) in [4.78, 5) is 12.9. The zero-order valence-electron chi connectivity index (χ0n) is 20.5. The van der Waals surface area contributed by atoms with E-state index < -0.39 is 0 Å². The fraction of sp³-hybridized carbons (Fsp3) is 0.519. The highest BCUT2D eigenvalue weighted by molar-refractivity contribution is 6.42. The van der Waals surface area contributed by atoms with E-state index in [0.717, 1.165) is 42.5 Å². The van der Waals surface area contributed by atoms with Crippen molar-refractivity contribution in [1.82, 2.24) is 5.32 Å². The minimum atomic E-state index is 0. The number of amides is 1. The maximum absolute atomic E-state index is 12.9. The summed E-state index contributed by atoms with van der Waals surface area (Å²) in [6, 6.07) is 13.9. The number of nitrogens with two attached hydrogens (primary N) is 1. The number of halogens is 3. The summed E-state index contributed by atoms with van der Waals surface area (Å²) >= 11 is 12.3. The second kappa shape index (κ2) is 13.1. The molecule has 1 saturated heterocycles. The first kappa shape index (κ1) is 28.9. The summed E-state index contributed by atoms with van der Waals surface area (Å²) in [6.07, 6.45) is 4.23. The molecule has 0 aliphatic carbocycles. The van der Waals surface area contributed by atoms with Crippen LogP contribution in [0.3, 0.4) is 0 Å². The topological polar surface area (TPSA) is 55.1 Å². The van der Waals surface area contributed by atoms with Crippen molar-refractivity contribution in [3.05, 3.63) is 69.2 Å². The molecule has 1 atom stereocenters. The predicted molar refractivity (Wildman–Crippen MR) is 139 cm³/mol. The van der Waals surface area contributed by atoms with Crippen molar-refractivity contribution in [2.45, 2.75) is 45.6 Å². The van der Waals surface area contributed by atoms with E-state index in [4.69, 9.17) is 28.9 Å². The van der Waals surface area contributed by atoms with Gasteiger partial charge in [0, 0.05) is 5.56 Å². The fourth-order valence-corrected chi connectivity index (χ4v) is 5.09. The number of carbonyl (C=O) groups excluding carboxylic acids is 1. The number of piperidine rings is 1. The van der Waals surface area contributed by atoms with Crippen LogP contribution in [0.2, 0.25) is 10.0 Å². The summed E-state index contributed by atoms with van der Waals surface area (Å²) in [5.41, 5.74) is 8.76. The first-order valence-electron chi connectivity index (χ1n) is 12.1. The number of benzene rings is 2. The lowest BCUT2D eigenvalue weighted by Crippen LogP contribution is -3.00. The molecule has 0 unspecified atom stereocenters. The van der Waals surface area contributed by atoms with Gasteiger partial charge in [0.05, 0.1) is 42.8 Å². The Kier molecular flexibility index (Phi) is 11.2. The molecule has 34 heavy (non-hydrogen) atoms. The molecule has 1 heterocycles. The Bertz CT molecular complexity index is 925. The minimum Gasteiger partial charge on any atom is -1.00 e. The van der Waals surface area contributed by atoms with Crippen LogP contribution >= 0.6 is 23.2 Å². The first-order chi connectivity index (χ1) is 15.7. The molecule has 1 amide bonds. The molecular weight excluding hydrogens is 489 g/mol. The van der Waals surface area contributed by atoms with Gasteiger partial charge in [-0.15, -0.1) is 0 Å². The SMILES string of the molecule is CC(C)[C@H](C[N+]1(C)CCC(Cc2ccc(Cl)c(Cl)c2)CC1)NC(=O)c1ccc(CCN)cc1.[Cl-]. The molecule has 2 aromatic rings. The van der Waals surface area contributed by atoms with Gasteiger partial charge in [-0.1, -0.05) is 55.2 Å². The molecule has 2 aromatic carbocycles. The third-order valence-electron chi connectivity index (χ3n) is 7.07. The van der Waals surface area contributed by atoms with Gasteiger partial charge in [-0.05, 0) is 79.5 Å². The number of nitrogens with zero attached hydrogens (tertiary/aromatic N) is 1. The average molecular weight is 527 g/mol. The van der Waals surface area contributed by atoms with Crippen molar-refractivity contribution < 1.29 is 21.7 Å². The molecule has 7 heteroatoms. The van der Waals surface area contributed by atoms with E-state index in [-0.39, 0.29) is 24.4 Å². The summed E-state index contributed by atoms with van der Waals surface area (Å²) in [5.74, 6) is 1.04. The molecular formula is C27H38Cl3N3O. The Morgan fingerprint density at radius 3 is 2.24 bits per heavy atom. The van der Waals surface area contributed by atoms with Gasteiger partial charge in [-0.2, -0.15) is 0 Å². The first-order valence-corrected chi connectivity index (χ1v) is 12.8. The van der Waals surface area contributed by atoms with Gasteiger partial charge in [-0.25, -0.2) is 0 Å². The van der Waals surface area contributed by atoms with Gasteiger partial charge < -0.3 is 27.9 Å². The third kappa shape index (κ3) is 8.13. The van der Waals surface area contributed by atoms with Gasteiger partial charge >= 0.3 is 0 Å². The molecule has 0 saturated carbocycles. The van der Waals surface area contributed by atoms with Crippen molar-refractivity contribution in [1.29, 1.82) is 0 Å². The highest BCUT2D eigenvalue weighted by Gasteiger charge is 2.34. The zero-order valence-corrected chi connectivity index (χ0v) is 22.8. The lowest BCUT2D eigenvalue weighted by atomic mass is 9.88. The molecule has 0 spiro atoms. The molecule has 0 radical (unpaired) electrons. The van der Waals surface area contributed by atoms with Crippen LogP contribution in [0.25, 0.3) is 0 Å². The lowest BCUT2D eigenvalue weighted by Gasteiger charge is -2.43. The van der Waals surface area contributed by atoms with Crippen molar-refractivity contribution in [3.63, 3.8) is 0 Å². The van der Waals surface area contributed by atoms with Crippen molar-refractivity contribution in [2.24, 2.45) is 17.6 Å². The molecule has 188 valence electrons. The smallest absolute Gasteiger partial charge is 0.251 e. The zero-order chi connectivity index (χ0) is 24.0. The van der Waals surface area contributed by atoms with Gasteiger partial charge in [0.15, 0.2) is 0 Å². The summed E-state index contributed by atoms with van der Waals surface area (Å²) in [7, 11) is 2.33. The van der Waals surface area contributed by atoms with Crippen LogP contribution in [0, 0.1) is 11.8 Å². The second-order valence-corrected chi connectivity index (χ2v) is 11.0. The average Bonchev–Trinajstić information content (AvgIpc) is 2.78. The molecule has 0 bridgehead atoms. The summed E-state index contributed by atoms with van der Waals surface area (Å²) in [6.45, 7) is 8.20. The Balaban J connectivity index is 0.00000408. The van der Waals surface area contributed by atoms with Crippen LogP contribution in [-0.4, -0.2) is 49.7 Å². The maximum atomic E-state index is 12.9. The van der Waals surface area contributed by atoms with Crippen LogP contribution in [-0.2, 0) is 12.8 Å². The standard InChI is InChI=1S/C27H37Cl2N3O.ClH/c1-19(2)26(31-27(33)23-7-4-20(5-8-23)10-13-30)18-32(3)14-11-21(12-15-32)16-22-6-9-24(28)25(29)17-22;/h4-9,17,19,21,26H,10-16,18,30H2,1-3H3;1H/t21?,26-,32?;/m0./s1. The van der Waals surface area contributed by atoms with E-state index in [1.54, 1.807) is 0 Å². The highest BCUT2D eigenvalue weighted by atomic mass is 35.5. The Labute approximate surface area is 221 Å². The van der Waals surface area contributed by atoms with Gasteiger partial charge in [0.25, 0.3) is 5.91 Å². The predicted octanol–water partition coefficient (Wildman–Crippen LogP) is 2.35. The Morgan fingerprint density at radius 1 is 1.06 bits per heavy atom. The number of quaternary nitrogens is 1. The van der Waals surface area contributed by atoms with Crippen molar-refractivity contribution >= 4 is 29.1 Å². The largest absolute Gasteiger partial charge is 1.00 e. The van der Waals surface area contributed by atoms with Gasteiger partial charge in [0.2, 0.25) is 0 Å². The summed E-state index contributed by atoms with van der Waals surface area (Å²) < 4.78 is 0.996. The van der Waals surface area contributed by atoms with Crippen LogP contribution in [0.15, 0.2) is 42.5 Å². The van der Waals surface area contributed by atoms with E-state index in [1.165, 1.54) is 18.4 Å². The number of hydrogen-bond donors (Lipinski definition) is 2. The van der Waals surface area contributed by atoms with E-state index >= 15 is 0 Å². The molecule has 1 aliphatic heterocycles. The monoisotopic (exact) mass is 525 g/mol. The minimum absolute atomic E-state index is 0. The number of hydrogen-bond acceptors (Lipinski definition) is 2. The summed E-state index contributed by atoms with van der Waals surface area (Å²) in [5, 5.41) is 4.56. The maximum Gasteiger partial charge on any atom is 0.251 e.